The molecule has 128 valence electrons. The molecule has 1 aliphatic carbocycles. The van der Waals surface area contributed by atoms with E-state index in [4.69, 9.17) is 4.74 Å². The van der Waals surface area contributed by atoms with E-state index in [1.807, 2.05) is 48.5 Å². The monoisotopic (exact) mass is 334 g/mol. The van der Waals surface area contributed by atoms with Gasteiger partial charge in [-0.25, -0.2) is 0 Å². The molecule has 0 amide bonds. The molecular formula is C20H21F3O. The van der Waals surface area contributed by atoms with Gasteiger partial charge in [-0.15, -0.1) is 0 Å². The van der Waals surface area contributed by atoms with E-state index in [9.17, 15) is 13.2 Å². The molecule has 0 saturated heterocycles. The van der Waals surface area contributed by atoms with E-state index in [0.29, 0.717) is 6.42 Å². The first-order valence-corrected chi connectivity index (χ1v) is 8.38. The Morgan fingerprint density at radius 2 is 1.42 bits per heavy atom. The van der Waals surface area contributed by atoms with Crippen LogP contribution >= 0.6 is 0 Å². The van der Waals surface area contributed by atoms with Gasteiger partial charge in [-0.3, -0.25) is 0 Å². The molecule has 0 heterocycles. The van der Waals surface area contributed by atoms with Crippen LogP contribution < -0.4 is 0 Å². The second kappa shape index (κ2) is 6.60. The highest BCUT2D eigenvalue weighted by Crippen LogP contribution is 2.52. The van der Waals surface area contributed by atoms with E-state index in [0.717, 1.165) is 41.5 Å². The Balaban J connectivity index is 2.08. The van der Waals surface area contributed by atoms with Crippen LogP contribution in [0.4, 0.5) is 13.2 Å². The van der Waals surface area contributed by atoms with Crippen LogP contribution in [0.2, 0.25) is 0 Å². The Bertz CT molecular complexity index is 661. The highest BCUT2D eigenvalue weighted by Gasteiger charge is 2.45. The summed E-state index contributed by atoms with van der Waals surface area (Å²) in [5.41, 5.74) is 2.66. The summed E-state index contributed by atoms with van der Waals surface area (Å²) in [6.45, 7) is 0.849. The van der Waals surface area contributed by atoms with Gasteiger partial charge in [-0.1, -0.05) is 68.3 Å². The van der Waals surface area contributed by atoms with Crippen molar-refractivity contribution in [1.29, 1.82) is 0 Å². The number of rotatable bonds is 6. The molecule has 0 aromatic heterocycles. The van der Waals surface area contributed by atoms with Crippen LogP contribution in [-0.4, -0.2) is 12.8 Å². The zero-order valence-electron chi connectivity index (χ0n) is 13.7. The van der Waals surface area contributed by atoms with Gasteiger partial charge in [0.2, 0.25) is 0 Å². The van der Waals surface area contributed by atoms with Crippen LogP contribution in [-0.2, 0) is 10.3 Å². The van der Waals surface area contributed by atoms with Gasteiger partial charge in [0.05, 0.1) is 0 Å². The van der Waals surface area contributed by atoms with Crippen molar-refractivity contribution in [3.8, 4) is 11.1 Å². The predicted molar refractivity (Wildman–Crippen MR) is 88.8 cm³/mol. The number of unbranched alkanes of at least 4 members (excludes halogenated alkanes) is 2. The molecule has 0 bridgehead atoms. The number of benzene rings is 2. The quantitative estimate of drug-likeness (QED) is 0.583. The molecule has 0 fully saturated rings. The van der Waals surface area contributed by atoms with Crippen molar-refractivity contribution in [2.24, 2.45) is 0 Å². The third-order valence-corrected chi connectivity index (χ3v) is 4.63. The average molecular weight is 334 g/mol. The Labute approximate surface area is 140 Å². The Kier molecular flexibility index (Phi) is 4.68. The fourth-order valence-corrected chi connectivity index (χ4v) is 3.61. The lowest BCUT2D eigenvalue weighted by molar-refractivity contribution is -0.201. The van der Waals surface area contributed by atoms with Crippen LogP contribution in [0.3, 0.4) is 0 Å². The lowest BCUT2D eigenvalue weighted by Gasteiger charge is -2.33. The first-order valence-electron chi connectivity index (χ1n) is 8.38. The Hall–Kier alpha value is -1.81. The maximum atomic E-state index is 12.9. The van der Waals surface area contributed by atoms with E-state index >= 15 is 0 Å². The summed E-state index contributed by atoms with van der Waals surface area (Å²) in [6.07, 6.45) is -0.966. The zero-order valence-corrected chi connectivity index (χ0v) is 13.7. The molecule has 0 aliphatic heterocycles. The second-order valence-corrected chi connectivity index (χ2v) is 6.28. The van der Waals surface area contributed by atoms with Gasteiger partial charge in [0.15, 0.2) is 0 Å². The fourth-order valence-electron chi connectivity index (χ4n) is 3.61. The lowest BCUT2D eigenvalue weighted by Crippen LogP contribution is -2.33. The summed E-state index contributed by atoms with van der Waals surface area (Å²) >= 11 is 0. The maximum absolute atomic E-state index is 12.9. The Morgan fingerprint density at radius 1 is 0.875 bits per heavy atom. The molecule has 1 nitrogen and oxygen atoms in total. The van der Waals surface area contributed by atoms with Crippen LogP contribution in [0, 0.1) is 0 Å². The highest BCUT2D eigenvalue weighted by molar-refractivity contribution is 5.80. The average Bonchev–Trinajstić information content (AvgIpc) is 2.84. The molecule has 0 N–H and O–H groups in total. The molecule has 2 aromatic carbocycles. The molecular weight excluding hydrogens is 313 g/mol. The molecule has 0 unspecified atom stereocenters. The molecule has 24 heavy (non-hydrogen) atoms. The molecule has 2 aromatic rings. The van der Waals surface area contributed by atoms with E-state index in [2.05, 4.69) is 6.92 Å². The van der Waals surface area contributed by atoms with Crippen LogP contribution in [0.25, 0.3) is 11.1 Å². The van der Waals surface area contributed by atoms with Gasteiger partial charge >= 0.3 is 6.18 Å². The minimum Gasteiger partial charge on any atom is -0.356 e. The lowest BCUT2D eigenvalue weighted by atomic mass is 9.86. The zero-order chi connectivity index (χ0) is 17.2. The molecule has 0 saturated carbocycles. The number of alkyl halides is 3. The summed E-state index contributed by atoms with van der Waals surface area (Å²) in [6, 6.07) is 15.3. The predicted octanol–water partition coefficient (Wildman–Crippen LogP) is 6.07. The third kappa shape index (κ3) is 3.07. The molecule has 4 heteroatoms. The van der Waals surface area contributed by atoms with Crippen molar-refractivity contribution in [2.75, 3.05) is 6.61 Å². The van der Waals surface area contributed by atoms with E-state index < -0.39 is 18.4 Å². The third-order valence-electron chi connectivity index (χ3n) is 4.63. The van der Waals surface area contributed by atoms with Crippen LogP contribution in [0.1, 0.15) is 43.7 Å². The van der Waals surface area contributed by atoms with Gasteiger partial charge in [-0.2, -0.15) is 13.2 Å². The van der Waals surface area contributed by atoms with Gasteiger partial charge in [0.1, 0.15) is 12.2 Å². The summed E-state index contributed by atoms with van der Waals surface area (Å²) in [7, 11) is 0. The van der Waals surface area contributed by atoms with Crippen molar-refractivity contribution >= 4 is 0 Å². The highest BCUT2D eigenvalue weighted by atomic mass is 19.4. The number of ether oxygens (including phenoxy) is 1. The van der Waals surface area contributed by atoms with Crippen molar-refractivity contribution < 1.29 is 17.9 Å². The maximum Gasteiger partial charge on any atom is 0.411 e. The molecule has 1 aliphatic rings. The van der Waals surface area contributed by atoms with E-state index in [1.165, 1.54) is 0 Å². The first-order chi connectivity index (χ1) is 11.5. The van der Waals surface area contributed by atoms with Crippen molar-refractivity contribution in [2.45, 2.75) is 44.4 Å². The largest absolute Gasteiger partial charge is 0.411 e. The number of hydrogen-bond donors (Lipinski definition) is 0. The van der Waals surface area contributed by atoms with E-state index in [-0.39, 0.29) is 0 Å². The smallest absolute Gasteiger partial charge is 0.356 e. The normalized spacial score (nSPS) is 15.2. The SMILES string of the molecule is CCCCCC1(OCC(F)(F)F)c2ccccc2-c2ccccc21. The molecule has 0 radical (unpaired) electrons. The van der Waals surface area contributed by atoms with Crippen LogP contribution in [0.5, 0.6) is 0 Å². The molecule has 3 rings (SSSR count). The van der Waals surface area contributed by atoms with Gasteiger partial charge < -0.3 is 4.74 Å². The topological polar surface area (TPSA) is 9.23 Å². The number of fused-ring (bicyclic) bond motifs is 3. The fraction of sp³-hybridized carbons (Fsp3) is 0.400. The Morgan fingerprint density at radius 3 is 1.92 bits per heavy atom. The summed E-state index contributed by atoms with van der Waals surface area (Å²) in [5.74, 6) is 0. The standard InChI is InChI=1S/C20H21F3O/c1-2-3-8-13-19(24-14-20(21,22)23)17-11-6-4-9-15(17)16-10-5-7-12-18(16)19/h4-7,9-12H,2-3,8,13-14H2,1H3. The second-order valence-electron chi connectivity index (χ2n) is 6.28. The summed E-state index contributed by atoms with van der Waals surface area (Å²) < 4.78 is 44.3. The van der Waals surface area contributed by atoms with Gasteiger partial charge in [0.25, 0.3) is 0 Å². The number of hydrogen-bond acceptors (Lipinski definition) is 1. The molecule has 0 spiro atoms. The van der Waals surface area contributed by atoms with Crippen molar-refractivity contribution in [3.63, 3.8) is 0 Å². The van der Waals surface area contributed by atoms with Crippen molar-refractivity contribution in [1.82, 2.24) is 0 Å². The van der Waals surface area contributed by atoms with Crippen LogP contribution in [0.15, 0.2) is 48.5 Å². The van der Waals surface area contributed by atoms with Gasteiger partial charge in [-0.05, 0) is 35.1 Å². The summed E-state index contributed by atoms with van der Waals surface area (Å²) in [4.78, 5) is 0. The minimum absolute atomic E-state index is 0.560. The van der Waals surface area contributed by atoms with E-state index in [1.54, 1.807) is 0 Å². The summed E-state index contributed by atoms with van der Waals surface area (Å²) in [5, 5.41) is 0. The first kappa shape index (κ1) is 17.0. The van der Waals surface area contributed by atoms with Gasteiger partial charge in [0, 0.05) is 0 Å². The van der Waals surface area contributed by atoms with Crippen molar-refractivity contribution in [3.05, 3.63) is 59.7 Å². The minimum atomic E-state index is -4.34. The molecule has 0 atom stereocenters. The number of halogens is 3.